The number of fused-ring (bicyclic) bond motifs is 5. The number of hydrogen-bond donors (Lipinski definition) is 0. The van der Waals surface area contributed by atoms with Crippen LogP contribution in [0.1, 0.15) is 36.0 Å². The van der Waals surface area contributed by atoms with E-state index >= 15 is 0 Å². The molecule has 0 saturated heterocycles. The molecule has 5 rings (SSSR count). The van der Waals surface area contributed by atoms with Crippen molar-refractivity contribution in [1.82, 2.24) is 0 Å². The average molecular weight is 314 g/mol. The summed E-state index contributed by atoms with van der Waals surface area (Å²) < 4.78 is 12.9. The lowest BCUT2D eigenvalue weighted by atomic mass is 9.74. The van der Waals surface area contributed by atoms with Crippen molar-refractivity contribution in [2.45, 2.75) is 24.9 Å². The zero-order chi connectivity index (χ0) is 16.1. The Morgan fingerprint density at radius 2 is 1.29 bits per heavy atom. The van der Waals surface area contributed by atoms with E-state index in [0.717, 1.165) is 34.8 Å². The van der Waals surface area contributed by atoms with Crippen LogP contribution in [-0.4, -0.2) is 0 Å². The van der Waals surface area contributed by atoms with Gasteiger partial charge in [-0.1, -0.05) is 61.5 Å². The molecular formula is C22H18O2. The van der Waals surface area contributed by atoms with Gasteiger partial charge in [-0.25, -0.2) is 0 Å². The summed E-state index contributed by atoms with van der Waals surface area (Å²) >= 11 is 0. The maximum absolute atomic E-state index is 6.70. The highest BCUT2D eigenvalue weighted by Crippen LogP contribution is 2.55. The molecular weight excluding hydrogens is 296 g/mol. The molecule has 0 saturated carbocycles. The van der Waals surface area contributed by atoms with E-state index in [2.05, 4.69) is 49.4 Å². The highest BCUT2D eigenvalue weighted by molar-refractivity contribution is 5.58. The third-order valence-corrected chi connectivity index (χ3v) is 5.19. The van der Waals surface area contributed by atoms with E-state index < -0.39 is 5.60 Å². The van der Waals surface area contributed by atoms with Crippen LogP contribution in [0.3, 0.4) is 0 Å². The van der Waals surface area contributed by atoms with Gasteiger partial charge in [0.25, 0.3) is 0 Å². The first kappa shape index (κ1) is 13.7. The van der Waals surface area contributed by atoms with Crippen molar-refractivity contribution in [1.29, 1.82) is 0 Å². The predicted molar refractivity (Wildman–Crippen MR) is 93.8 cm³/mol. The maximum atomic E-state index is 6.70. The first-order chi connectivity index (χ1) is 11.8. The number of para-hydroxylation sites is 3. The van der Waals surface area contributed by atoms with Crippen molar-refractivity contribution in [2.75, 3.05) is 0 Å². The smallest absolute Gasteiger partial charge is 0.167 e. The number of rotatable bonds is 0. The van der Waals surface area contributed by atoms with E-state index in [9.17, 15) is 0 Å². The molecule has 1 atom stereocenters. The molecule has 0 fully saturated rings. The summed E-state index contributed by atoms with van der Waals surface area (Å²) in [6, 6.07) is 24.9. The van der Waals surface area contributed by atoms with Crippen LogP contribution in [0.5, 0.6) is 17.2 Å². The summed E-state index contributed by atoms with van der Waals surface area (Å²) in [6.07, 6.45) is 0.904. The second-order valence-electron chi connectivity index (χ2n) is 6.67. The van der Waals surface area contributed by atoms with E-state index in [1.807, 2.05) is 30.3 Å². The van der Waals surface area contributed by atoms with Gasteiger partial charge in [0, 0.05) is 17.5 Å². The van der Waals surface area contributed by atoms with E-state index in [0.29, 0.717) is 5.92 Å². The van der Waals surface area contributed by atoms with Gasteiger partial charge in [0.05, 0.1) is 0 Å². The number of benzene rings is 3. The standard InChI is InChI=1S/C22H18O2/c1-15-14-22(24-19-11-5-2-8-16(15)19)17-9-3-6-12-20(17)23-21-13-7-4-10-18(21)22/h2-13,15H,14H2,1H3. The quantitative estimate of drug-likeness (QED) is 0.536. The lowest BCUT2D eigenvalue weighted by molar-refractivity contribution is 0.0645. The SMILES string of the molecule is CC1CC2(Oc3ccccc31)c1ccccc1Oc1ccccc12. The Bertz CT molecular complexity index is 883. The average Bonchev–Trinajstić information content (AvgIpc) is 2.62. The van der Waals surface area contributed by atoms with Gasteiger partial charge in [-0.3, -0.25) is 0 Å². The van der Waals surface area contributed by atoms with Gasteiger partial charge in [-0.05, 0) is 29.7 Å². The minimum atomic E-state index is -0.487. The third kappa shape index (κ3) is 1.77. The van der Waals surface area contributed by atoms with Gasteiger partial charge in [0.1, 0.15) is 17.2 Å². The zero-order valence-corrected chi connectivity index (χ0v) is 13.5. The van der Waals surface area contributed by atoms with Crippen LogP contribution >= 0.6 is 0 Å². The normalized spacial score (nSPS) is 19.5. The predicted octanol–water partition coefficient (Wildman–Crippen LogP) is 5.62. The van der Waals surface area contributed by atoms with Crippen LogP contribution in [0.2, 0.25) is 0 Å². The van der Waals surface area contributed by atoms with Crippen molar-refractivity contribution in [3.63, 3.8) is 0 Å². The van der Waals surface area contributed by atoms with Crippen LogP contribution < -0.4 is 9.47 Å². The largest absolute Gasteiger partial charge is 0.477 e. The molecule has 3 aromatic carbocycles. The first-order valence-corrected chi connectivity index (χ1v) is 8.43. The highest BCUT2D eigenvalue weighted by atomic mass is 16.5. The Hall–Kier alpha value is -2.74. The Kier molecular flexibility index (Phi) is 2.78. The molecule has 2 aliphatic heterocycles. The van der Waals surface area contributed by atoms with E-state index in [-0.39, 0.29) is 0 Å². The fraction of sp³-hybridized carbons (Fsp3) is 0.182. The van der Waals surface area contributed by atoms with Crippen LogP contribution in [0.25, 0.3) is 0 Å². The molecule has 0 amide bonds. The van der Waals surface area contributed by atoms with Crippen LogP contribution in [0.15, 0.2) is 72.8 Å². The van der Waals surface area contributed by atoms with Crippen LogP contribution in [0, 0.1) is 0 Å². The fourth-order valence-electron chi connectivity index (χ4n) is 4.12. The summed E-state index contributed by atoms with van der Waals surface area (Å²) in [7, 11) is 0. The van der Waals surface area contributed by atoms with Crippen molar-refractivity contribution >= 4 is 0 Å². The third-order valence-electron chi connectivity index (χ3n) is 5.19. The fourth-order valence-corrected chi connectivity index (χ4v) is 4.12. The molecule has 1 unspecified atom stereocenters. The monoisotopic (exact) mass is 314 g/mol. The Morgan fingerprint density at radius 3 is 1.96 bits per heavy atom. The lowest BCUT2D eigenvalue weighted by Gasteiger charge is -2.45. The molecule has 2 heteroatoms. The minimum absolute atomic E-state index is 0.411. The molecule has 2 heterocycles. The number of ether oxygens (including phenoxy) is 2. The van der Waals surface area contributed by atoms with Crippen molar-refractivity contribution in [2.24, 2.45) is 0 Å². The zero-order valence-electron chi connectivity index (χ0n) is 13.5. The molecule has 0 N–H and O–H groups in total. The molecule has 118 valence electrons. The molecule has 24 heavy (non-hydrogen) atoms. The highest BCUT2D eigenvalue weighted by Gasteiger charge is 2.48. The molecule has 0 aliphatic carbocycles. The molecule has 0 aromatic heterocycles. The lowest BCUT2D eigenvalue weighted by Crippen LogP contribution is -2.41. The molecule has 2 nitrogen and oxygen atoms in total. The van der Waals surface area contributed by atoms with E-state index in [1.54, 1.807) is 0 Å². The topological polar surface area (TPSA) is 18.5 Å². The summed E-state index contributed by atoms with van der Waals surface area (Å²) in [5.74, 6) is 3.17. The van der Waals surface area contributed by atoms with E-state index in [4.69, 9.17) is 9.47 Å². The second kappa shape index (κ2) is 4.88. The van der Waals surface area contributed by atoms with Gasteiger partial charge in [-0.2, -0.15) is 0 Å². The Balaban J connectivity index is 1.79. The number of hydrogen-bond acceptors (Lipinski definition) is 2. The Morgan fingerprint density at radius 1 is 0.750 bits per heavy atom. The molecule has 3 aromatic rings. The Labute approximate surface area is 141 Å². The van der Waals surface area contributed by atoms with Gasteiger partial charge < -0.3 is 9.47 Å². The first-order valence-electron chi connectivity index (χ1n) is 8.43. The summed E-state index contributed by atoms with van der Waals surface area (Å²) in [5, 5.41) is 0. The van der Waals surface area contributed by atoms with E-state index in [1.165, 1.54) is 5.56 Å². The molecule has 2 aliphatic rings. The van der Waals surface area contributed by atoms with Crippen molar-refractivity contribution < 1.29 is 9.47 Å². The molecule has 0 bridgehead atoms. The van der Waals surface area contributed by atoms with Gasteiger partial charge in [0.2, 0.25) is 0 Å². The molecule has 1 spiro atoms. The van der Waals surface area contributed by atoms with Crippen molar-refractivity contribution in [3.05, 3.63) is 89.5 Å². The van der Waals surface area contributed by atoms with Gasteiger partial charge in [0.15, 0.2) is 5.60 Å². The minimum Gasteiger partial charge on any atom is -0.477 e. The van der Waals surface area contributed by atoms with Gasteiger partial charge >= 0.3 is 0 Å². The van der Waals surface area contributed by atoms with Crippen LogP contribution in [0.4, 0.5) is 0 Å². The van der Waals surface area contributed by atoms with Crippen molar-refractivity contribution in [3.8, 4) is 17.2 Å². The maximum Gasteiger partial charge on any atom is 0.167 e. The van der Waals surface area contributed by atoms with Gasteiger partial charge in [-0.15, -0.1) is 0 Å². The summed E-state index contributed by atoms with van der Waals surface area (Å²) in [6.45, 7) is 2.28. The molecule has 0 radical (unpaired) electrons. The van der Waals surface area contributed by atoms with Crippen LogP contribution in [-0.2, 0) is 5.60 Å². The second-order valence-corrected chi connectivity index (χ2v) is 6.67. The summed E-state index contributed by atoms with van der Waals surface area (Å²) in [4.78, 5) is 0. The summed E-state index contributed by atoms with van der Waals surface area (Å²) in [5.41, 5.74) is 3.03.